The minimum absolute atomic E-state index is 0.233. The molecular formula is C10H20O3S. The molecule has 1 unspecified atom stereocenters. The first-order chi connectivity index (χ1) is 6.52. The number of carboxylic acids is 1. The van der Waals surface area contributed by atoms with Gasteiger partial charge in [0.25, 0.3) is 0 Å². The zero-order chi connectivity index (χ0) is 11.0. The fourth-order valence-electron chi connectivity index (χ4n) is 1.17. The van der Waals surface area contributed by atoms with Gasteiger partial charge in [0.2, 0.25) is 0 Å². The Morgan fingerprint density at radius 3 is 2.43 bits per heavy atom. The number of hydrogen-bond donors (Lipinski definition) is 1. The van der Waals surface area contributed by atoms with Crippen LogP contribution in [0.3, 0.4) is 0 Å². The van der Waals surface area contributed by atoms with Crippen molar-refractivity contribution in [3.05, 3.63) is 0 Å². The van der Waals surface area contributed by atoms with E-state index in [1.807, 2.05) is 0 Å². The number of aliphatic carboxylic acids is 1. The average molecular weight is 220 g/mol. The van der Waals surface area contributed by atoms with Gasteiger partial charge in [-0.25, -0.2) is 0 Å². The second kappa shape index (κ2) is 7.97. The smallest absolute Gasteiger partial charge is 0.303 e. The van der Waals surface area contributed by atoms with Crippen molar-refractivity contribution in [1.82, 2.24) is 0 Å². The molecule has 14 heavy (non-hydrogen) atoms. The Kier molecular flexibility index (Phi) is 7.76. The third-order valence-electron chi connectivity index (χ3n) is 1.78. The maximum Gasteiger partial charge on any atom is 0.303 e. The minimum Gasteiger partial charge on any atom is -0.481 e. The maximum atomic E-state index is 11.3. The summed E-state index contributed by atoms with van der Waals surface area (Å²) in [6.45, 7) is 4.12. The van der Waals surface area contributed by atoms with Gasteiger partial charge in [-0.1, -0.05) is 20.3 Å². The van der Waals surface area contributed by atoms with E-state index in [4.69, 9.17) is 5.11 Å². The highest BCUT2D eigenvalue weighted by Gasteiger charge is 2.03. The minimum atomic E-state index is -0.742. The van der Waals surface area contributed by atoms with Gasteiger partial charge in [0.05, 0.1) is 0 Å². The molecule has 0 radical (unpaired) electrons. The summed E-state index contributed by atoms with van der Waals surface area (Å²) < 4.78 is 11.3. The highest BCUT2D eigenvalue weighted by Crippen LogP contribution is 2.03. The highest BCUT2D eigenvalue weighted by molar-refractivity contribution is 7.84. The van der Waals surface area contributed by atoms with Crippen molar-refractivity contribution < 1.29 is 14.1 Å². The Bertz CT molecular complexity index is 190. The average Bonchev–Trinajstić information content (AvgIpc) is 2.01. The molecule has 0 heterocycles. The molecule has 1 atom stereocenters. The summed E-state index contributed by atoms with van der Waals surface area (Å²) in [6, 6.07) is 0. The van der Waals surface area contributed by atoms with Gasteiger partial charge in [-0.3, -0.25) is 9.00 Å². The second-order valence-electron chi connectivity index (χ2n) is 3.91. The number of carbonyl (C=O) groups is 1. The Morgan fingerprint density at radius 2 is 1.93 bits per heavy atom. The quantitative estimate of drug-likeness (QED) is 0.637. The molecule has 0 aromatic carbocycles. The van der Waals surface area contributed by atoms with Crippen LogP contribution in [0.25, 0.3) is 0 Å². The van der Waals surface area contributed by atoms with Crippen LogP contribution in [0.1, 0.15) is 39.5 Å². The van der Waals surface area contributed by atoms with Crippen LogP contribution in [0.4, 0.5) is 0 Å². The van der Waals surface area contributed by atoms with Gasteiger partial charge in [0.1, 0.15) is 0 Å². The predicted molar refractivity (Wildman–Crippen MR) is 58.8 cm³/mol. The third kappa shape index (κ3) is 9.71. The number of rotatable bonds is 8. The fourth-order valence-corrected chi connectivity index (χ4v) is 2.61. The molecule has 0 aliphatic carbocycles. The van der Waals surface area contributed by atoms with Crippen molar-refractivity contribution in [2.75, 3.05) is 11.5 Å². The van der Waals surface area contributed by atoms with Crippen LogP contribution < -0.4 is 0 Å². The van der Waals surface area contributed by atoms with E-state index in [0.29, 0.717) is 12.3 Å². The number of carboxylic acid groups (broad SMARTS) is 1. The summed E-state index contributed by atoms with van der Waals surface area (Å²) in [7, 11) is -0.712. The Balaban J connectivity index is 3.27. The molecular weight excluding hydrogens is 200 g/mol. The number of unbranched alkanes of at least 4 members (excludes halogenated alkanes) is 2. The summed E-state index contributed by atoms with van der Waals surface area (Å²) in [5, 5.41) is 8.38. The van der Waals surface area contributed by atoms with E-state index >= 15 is 0 Å². The van der Waals surface area contributed by atoms with Crippen molar-refractivity contribution in [3.63, 3.8) is 0 Å². The highest BCUT2D eigenvalue weighted by atomic mass is 32.2. The van der Waals surface area contributed by atoms with Crippen molar-refractivity contribution in [2.24, 2.45) is 5.92 Å². The molecule has 0 amide bonds. The van der Waals surface area contributed by atoms with E-state index in [0.717, 1.165) is 24.3 Å². The van der Waals surface area contributed by atoms with Gasteiger partial charge < -0.3 is 5.11 Å². The van der Waals surface area contributed by atoms with E-state index in [1.165, 1.54) is 0 Å². The van der Waals surface area contributed by atoms with Crippen molar-refractivity contribution in [1.29, 1.82) is 0 Å². The van der Waals surface area contributed by atoms with Crippen molar-refractivity contribution in [2.45, 2.75) is 39.5 Å². The first-order valence-corrected chi connectivity index (χ1v) is 6.58. The van der Waals surface area contributed by atoms with Crippen LogP contribution >= 0.6 is 0 Å². The van der Waals surface area contributed by atoms with E-state index in [2.05, 4.69) is 13.8 Å². The Hall–Kier alpha value is -0.380. The standard InChI is InChI=1S/C10H20O3S/c1-9(2)8-14(13)7-5-3-4-6-10(11)12/h9H,3-8H2,1-2H3,(H,11,12). The maximum absolute atomic E-state index is 11.3. The summed E-state index contributed by atoms with van der Waals surface area (Å²) in [4.78, 5) is 10.2. The molecule has 0 aliphatic rings. The fraction of sp³-hybridized carbons (Fsp3) is 0.900. The van der Waals surface area contributed by atoms with E-state index in [1.54, 1.807) is 0 Å². The molecule has 0 bridgehead atoms. The lowest BCUT2D eigenvalue weighted by atomic mass is 10.2. The van der Waals surface area contributed by atoms with Crippen LogP contribution in [-0.2, 0) is 15.6 Å². The van der Waals surface area contributed by atoms with E-state index < -0.39 is 16.8 Å². The largest absolute Gasteiger partial charge is 0.481 e. The SMILES string of the molecule is CC(C)CS(=O)CCCCCC(=O)O. The van der Waals surface area contributed by atoms with Gasteiger partial charge in [-0.05, 0) is 18.8 Å². The molecule has 3 nitrogen and oxygen atoms in total. The zero-order valence-corrected chi connectivity index (χ0v) is 9.81. The molecule has 0 aromatic heterocycles. The summed E-state index contributed by atoms with van der Waals surface area (Å²) >= 11 is 0. The number of hydrogen-bond acceptors (Lipinski definition) is 2. The van der Waals surface area contributed by atoms with Crippen LogP contribution in [0.15, 0.2) is 0 Å². The second-order valence-corrected chi connectivity index (χ2v) is 5.53. The first kappa shape index (κ1) is 13.6. The zero-order valence-electron chi connectivity index (χ0n) is 8.99. The summed E-state index contributed by atoms with van der Waals surface area (Å²) in [5.74, 6) is 1.22. The van der Waals surface area contributed by atoms with Crippen molar-refractivity contribution in [3.8, 4) is 0 Å². The molecule has 0 aromatic rings. The van der Waals surface area contributed by atoms with Crippen LogP contribution in [0, 0.1) is 5.92 Å². The first-order valence-electron chi connectivity index (χ1n) is 5.09. The van der Waals surface area contributed by atoms with E-state index in [9.17, 15) is 9.00 Å². The van der Waals surface area contributed by atoms with Crippen LogP contribution in [-0.4, -0.2) is 26.8 Å². The summed E-state index contributed by atoms with van der Waals surface area (Å²) in [5.41, 5.74) is 0. The molecule has 0 aliphatic heterocycles. The Morgan fingerprint density at radius 1 is 1.29 bits per heavy atom. The van der Waals surface area contributed by atoms with Gasteiger partial charge in [0, 0.05) is 28.7 Å². The lowest BCUT2D eigenvalue weighted by molar-refractivity contribution is -0.137. The van der Waals surface area contributed by atoms with Crippen LogP contribution in [0.2, 0.25) is 0 Å². The van der Waals surface area contributed by atoms with Gasteiger partial charge in [-0.2, -0.15) is 0 Å². The van der Waals surface area contributed by atoms with Gasteiger partial charge in [-0.15, -0.1) is 0 Å². The molecule has 0 fully saturated rings. The van der Waals surface area contributed by atoms with Crippen molar-refractivity contribution >= 4 is 16.8 Å². The lowest BCUT2D eigenvalue weighted by Gasteiger charge is -2.04. The molecule has 0 spiro atoms. The lowest BCUT2D eigenvalue weighted by Crippen LogP contribution is -2.08. The van der Waals surface area contributed by atoms with Gasteiger partial charge in [0.15, 0.2) is 0 Å². The predicted octanol–water partition coefficient (Wildman–Crippen LogP) is 2.04. The molecule has 0 saturated carbocycles. The molecule has 0 rings (SSSR count). The molecule has 4 heteroatoms. The topological polar surface area (TPSA) is 54.4 Å². The normalized spacial score (nSPS) is 13.1. The monoisotopic (exact) mass is 220 g/mol. The third-order valence-corrected chi connectivity index (χ3v) is 3.56. The Labute approximate surface area is 88.4 Å². The van der Waals surface area contributed by atoms with E-state index in [-0.39, 0.29) is 6.42 Å². The molecule has 1 N–H and O–H groups in total. The summed E-state index contributed by atoms with van der Waals surface area (Å²) in [6.07, 6.45) is 2.69. The molecule has 0 saturated heterocycles. The molecule has 84 valence electrons. The van der Waals surface area contributed by atoms with Gasteiger partial charge >= 0.3 is 5.97 Å². The van der Waals surface area contributed by atoms with Crippen LogP contribution in [0.5, 0.6) is 0 Å².